The highest BCUT2D eigenvalue weighted by Crippen LogP contribution is 2.12. The molecular weight excluding hydrogens is 174 g/mol. The lowest BCUT2D eigenvalue weighted by atomic mass is 10.4. The third kappa shape index (κ3) is 2.24. The Morgan fingerprint density at radius 2 is 1.92 bits per heavy atom. The minimum Gasteiger partial charge on any atom is -0.283 e. The predicted octanol–water partition coefficient (Wildman–Crippen LogP) is 0.888. The molecule has 1 aliphatic rings. The molecule has 0 saturated carbocycles. The van der Waals surface area contributed by atoms with Crippen LogP contribution in [0.5, 0.6) is 0 Å². The molecule has 4 heteroatoms. The number of thioether (sulfide) groups is 1. The van der Waals surface area contributed by atoms with Gasteiger partial charge < -0.3 is 0 Å². The van der Waals surface area contributed by atoms with Gasteiger partial charge in [-0.2, -0.15) is 11.8 Å². The zero-order chi connectivity index (χ0) is 8.97. The van der Waals surface area contributed by atoms with Crippen LogP contribution in [0.4, 0.5) is 0 Å². The molecule has 1 aliphatic heterocycles. The van der Waals surface area contributed by atoms with Crippen molar-refractivity contribution in [2.75, 3.05) is 18.6 Å². The van der Waals surface area contributed by atoms with E-state index in [-0.39, 0.29) is 11.8 Å². The van der Waals surface area contributed by atoms with E-state index in [9.17, 15) is 9.59 Å². The molecule has 1 saturated heterocycles. The number of imide groups is 1. The number of hydrogen-bond donors (Lipinski definition) is 0. The third-order valence-electron chi connectivity index (χ3n) is 1.89. The summed E-state index contributed by atoms with van der Waals surface area (Å²) >= 11 is 1.74. The lowest BCUT2D eigenvalue weighted by Gasteiger charge is -2.12. The molecule has 1 heterocycles. The second kappa shape index (κ2) is 4.50. The van der Waals surface area contributed by atoms with Crippen molar-refractivity contribution in [3.63, 3.8) is 0 Å². The van der Waals surface area contributed by atoms with E-state index in [1.165, 1.54) is 4.90 Å². The molecule has 68 valence electrons. The maximum atomic E-state index is 11.1. The average molecular weight is 187 g/mol. The summed E-state index contributed by atoms with van der Waals surface area (Å²) in [7, 11) is 0. The van der Waals surface area contributed by atoms with E-state index >= 15 is 0 Å². The lowest BCUT2D eigenvalue weighted by molar-refractivity contribution is -0.138. The van der Waals surface area contributed by atoms with E-state index in [0.717, 1.165) is 12.2 Å². The van der Waals surface area contributed by atoms with Gasteiger partial charge in [-0.3, -0.25) is 14.5 Å². The van der Waals surface area contributed by atoms with Gasteiger partial charge in [0.05, 0.1) is 0 Å². The molecule has 0 radical (unpaired) electrons. The number of carbonyl (C=O) groups excluding carboxylic acids is 2. The van der Waals surface area contributed by atoms with Crippen LogP contribution < -0.4 is 0 Å². The molecule has 0 aromatic rings. The van der Waals surface area contributed by atoms with Crippen molar-refractivity contribution in [1.29, 1.82) is 0 Å². The number of likely N-dealkylation sites (tertiary alicyclic amines) is 1. The Balaban J connectivity index is 2.30. The van der Waals surface area contributed by atoms with Gasteiger partial charge in [-0.15, -0.1) is 0 Å². The molecule has 1 fully saturated rings. The van der Waals surface area contributed by atoms with Crippen molar-refractivity contribution in [3.8, 4) is 0 Å². The Hall–Kier alpha value is -0.510. The summed E-state index contributed by atoms with van der Waals surface area (Å²) in [4.78, 5) is 23.5. The maximum Gasteiger partial charge on any atom is 0.229 e. The Morgan fingerprint density at radius 3 is 2.42 bits per heavy atom. The first-order valence-corrected chi connectivity index (χ1v) is 5.47. The van der Waals surface area contributed by atoms with Gasteiger partial charge >= 0.3 is 0 Å². The van der Waals surface area contributed by atoms with Gasteiger partial charge in [-0.25, -0.2) is 0 Å². The molecule has 0 unspecified atom stereocenters. The molecule has 1 rings (SSSR count). The summed E-state index contributed by atoms with van der Waals surface area (Å²) in [6.45, 7) is 0.610. The molecule has 2 amide bonds. The number of amides is 2. The molecular formula is C8H13NO2S. The number of hydrogen-bond acceptors (Lipinski definition) is 3. The Bertz CT molecular complexity index is 177. The van der Waals surface area contributed by atoms with Gasteiger partial charge in [0.25, 0.3) is 0 Å². The average Bonchev–Trinajstić information content (AvgIpc) is 2.35. The zero-order valence-corrected chi connectivity index (χ0v) is 8.02. The van der Waals surface area contributed by atoms with Crippen LogP contribution in [0.2, 0.25) is 0 Å². The van der Waals surface area contributed by atoms with E-state index in [1.54, 1.807) is 11.8 Å². The van der Waals surface area contributed by atoms with Gasteiger partial charge in [-0.1, -0.05) is 0 Å². The highest BCUT2D eigenvalue weighted by molar-refractivity contribution is 7.98. The second-order valence-electron chi connectivity index (χ2n) is 2.79. The second-order valence-corrected chi connectivity index (χ2v) is 3.77. The Kier molecular flexibility index (Phi) is 3.59. The molecule has 12 heavy (non-hydrogen) atoms. The van der Waals surface area contributed by atoms with E-state index in [4.69, 9.17) is 0 Å². The van der Waals surface area contributed by atoms with Crippen LogP contribution in [0.25, 0.3) is 0 Å². The first-order chi connectivity index (χ1) is 5.75. The number of carbonyl (C=O) groups is 2. The first kappa shape index (κ1) is 9.58. The quantitative estimate of drug-likeness (QED) is 0.484. The van der Waals surface area contributed by atoms with Crippen LogP contribution in [0, 0.1) is 0 Å². The fraction of sp³-hybridized carbons (Fsp3) is 0.750. The summed E-state index contributed by atoms with van der Waals surface area (Å²) in [5.41, 5.74) is 0. The van der Waals surface area contributed by atoms with Gasteiger partial charge in [0.15, 0.2) is 0 Å². The van der Waals surface area contributed by atoms with E-state index in [0.29, 0.717) is 19.4 Å². The third-order valence-corrected chi connectivity index (χ3v) is 2.58. The minimum absolute atomic E-state index is 0.00102. The van der Waals surface area contributed by atoms with Crippen LogP contribution in [0.15, 0.2) is 0 Å². The number of nitrogens with zero attached hydrogens (tertiary/aromatic N) is 1. The van der Waals surface area contributed by atoms with E-state index < -0.39 is 0 Å². The molecule has 0 N–H and O–H groups in total. The Labute approximate surface area is 76.5 Å². The van der Waals surface area contributed by atoms with E-state index in [1.807, 2.05) is 6.26 Å². The van der Waals surface area contributed by atoms with Crippen molar-refractivity contribution in [3.05, 3.63) is 0 Å². The van der Waals surface area contributed by atoms with Crippen molar-refractivity contribution < 1.29 is 9.59 Å². The standard InChI is InChI=1S/C8H13NO2S/c1-12-6-2-5-9-7(10)3-4-8(9)11/h2-6H2,1H3. The molecule has 0 aromatic carbocycles. The van der Waals surface area contributed by atoms with Crippen LogP contribution in [-0.2, 0) is 9.59 Å². The molecule has 0 bridgehead atoms. The SMILES string of the molecule is CSCCCN1C(=O)CCC1=O. The van der Waals surface area contributed by atoms with Crippen molar-refractivity contribution in [2.45, 2.75) is 19.3 Å². The molecule has 3 nitrogen and oxygen atoms in total. The predicted molar refractivity (Wildman–Crippen MR) is 49.0 cm³/mol. The van der Waals surface area contributed by atoms with Crippen LogP contribution in [0.3, 0.4) is 0 Å². The fourth-order valence-electron chi connectivity index (χ4n) is 1.24. The topological polar surface area (TPSA) is 37.4 Å². The van der Waals surface area contributed by atoms with Crippen LogP contribution >= 0.6 is 11.8 Å². The number of rotatable bonds is 4. The lowest BCUT2D eigenvalue weighted by Crippen LogP contribution is -2.30. The van der Waals surface area contributed by atoms with Gasteiger partial charge in [0.2, 0.25) is 11.8 Å². The highest BCUT2D eigenvalue weighted by atomic mass is 32.2. The fourth-order valence-corrected chi connectivity index (χ4v) is 1.66. The minimum atomic E-state index is 0.00102. The summed E-state index contributed by atoms with van der Waals surface area (Å²) < 4.78 is 0. The highest BCUT2D eigenvalue weighted by Gasteiger charge is 2.27. The summed E-state index contributed by atoms with van der Waals surface area (Å²) in [6, 6.07) is 0. The van der Waals surface area contributed by atoms with Crippen molar-refractivity contribution >= 4 is 23.6 Å². The summed E-state index contributed by atoms with van der Waals surface area (Å²) in [6.07, 6.45) is 3.77. The smallest absolute Gasteiger partial charge is 0.229 e. The molecule has 0 aliphatic carbocycles. The molecule has 0 spiro atoms. The normalized spacial score (nSPS) is 17.6. The van der Waals surface area contributed by atoms with E-state index in [2.05, 4.69) is 0 Å². The van der Waals surface area contributed by atoms with Gasteiger partial charge in [-0.05, 0) is 18.4 Å². The van der Waals surface area contributed by atoms with Gasteiger partial charge in [0, 0.05) is 19.4 Å². The molecule has 0 atom stereocenters. The monoisotopic (exact) mass is 187 g/mol. The summed E-state index contributed by atoms with van der Waals surface area (Å²) in [5, 5.41) is 0. The zero-order valence-electron chi connectivity index (χ0n) is 7.21. The van der Waals surface area contributed by atoms with Crippen molar-refractivity contribution in [1.82, 2.24) is 4.90 Å². The maximum absolute atomic E-state index is 11.1. The van der Waals surface area contributed by atoms with Gasteiger partial charge in [0.1, 0.15) is 0 Å². The van der Waals surface area contributed by atoms with Crippen molar-refractivity contribution in [2.24, 2.45) is 0 Å². The summed E-state index contributed by atoms with van der Waals surface area (Å²) in [5.74, 6) is 1.01. The van der Waals surface area contributed by atoms with Crippen LogP contribution in [-0.4, -0.2) is 35.3 Å². The Morgan fingerprint density at radius 1 is 1.33 bits per heavy atom. The molecule has 0 aromatic heterocycles. The first-order valence-electron chi connectivity index (χ1n) is 4.08. The van der Waals surface area contributed by atoms with Crippen LogP contribution in [0.1, 0.15) is 19.3 Å². The largest absolute Gasteiger partial charge is 0.283 e.